The summed E-state index contributed by atoms with van der Waals surface area (Å²) in [5, 5.41) is 0.369. The number of aromatic amines is 1. The summed E-state index contributed by atoms with van der Waals surface area (Å²) >= 11 is 1.08. The van der Waals surface area contributed by atoms with Crippen LogP contribution in [0.4, 0.5) is 0 Å². The standard InChI is InChI=1S/C14H16N4O4S/c1-2-4-9-7-11(19)16-14(15-9)23-8-12(20)17-18-13(21)10-5-3-6-22-10/h3,5-7H,2,4,8H2,1H3,(H,17,20)(H,18,21)(H,15,16,19). The van der Waals surface area contributed by atoms with Crippen LogP contribution in [-0.4, -0.2) is 27.5 Å². The van der Waals surface area contributed by atoms with Crippen LogP contribution in [0.2, 0.25) is 0 Å². The molecular formula is C14H16N4O4S. The number of nitrogens with one attached hydrogen (secondary N) is 3. The van der Waals surface area contributed by atoms with E-state index < -0.39 is 11.8 Å². The highest BCUT2D eigenvalue weighted by molar-refractivity contribution is 7.99. The lowest BCUT2D eigenvalue weighted by Gasteiger charge is -2.06. The molecule has 0 unspecified atom stereocenters. The molecule has 0 fully saturated rings. The Morgan fingerprint density at radius 3 is 2.91 bits per heavy atom. The first-order valence-electron chi connectivity index (χ1n) is 6.94. The van der Waals surface area contributed by atoms with Crippen LogP contribution in [0.1, 0.15) is 29.6 Å². The van der Waals surface area contributed by atoms with Crippen LogP contribution in [-0.2, 0) is 11.2 Å². The minimum Gasteiger partial charge on any atom is -0.459 e. The number of carbonyl (C=O) groups is 2. The van der Waals surface area contributed by atoms with Crippen molar-refractivity contribution >= 4 is 23.6 Å². The maximum atomic E-state index is 11.7. The third-order valence-electron chi connectivity index (χ3n) is 2.68. The Morgan fingerprint density at radius 2 is 2.22 bits per heavy atom. The molecule has 0 saturated heterocycles. The summed E-state index contributed by atoms with van der Waals surface area (Å²) in [7, 11) is 0. The third-order valence-corrected chi connectivity index (χ3v) is 3.55. The van der Waals surface area contributed by atoms with E-state index in [9.17, 15) is 14.4 Å². The number of thioether (sulfide) groups is 1. The number of furan rings is 1. The quantitative estimate of drug-likeness (QED) is 0.409. The van der Waals surface area contributed by atoms with Crippen molar-refractivity contribution in [3.05, 3.63) is 46.3 Å². The Kier molecular flexibility index (Phi) is 5.98. The van der Waals surface area contributed by atoms with Gasteiger partial charge < -0.3 is 9.40 Å². The molecule has 2 aromatic rings. The van der Waals surface area contributed by atoms with Crippen LogP contribution < -0.4 is 16.4 Å². The first-order chi connectivity index (χ1) is 11.1. The molecule has 0 spiro atoms. The molecule has 0 aliphatic heterocycles. The normalized spacial score (nSPS) is 10.3. The monoisotopic (exact) mass is 336 g/mol. The molecular weight excluding hydrogens is 320 g/mol. The van der Waals surface area contributed by atoms with Gasteiger partial charge in [-0.1, -0.05) is 25.1 Å². The maximum Gasteiger partial charge on any atom is 0.305 e. The first-order valence-corrected chi connectivity index (χ1v) is 7.92. The molecule has 2 amide bonds. The third kappa shape index (κ3) is 5.29. The van der Waals surface area contributed by atoms with Crippen LogP contribution >= 0.6 is 11.8 Å². The van der Waals surface area contributed by atoms with E-state index in [1.54, 1.807) is 6.07 Å². The summed E-state index contributed by atoms with van der Waals surface area (Å²) in [5.74, 6) is -0.892. The number of amides is 2. The van der Waals surface area contributed by atoms with Crippen LogP contribution in [0, 0.1) is 0 Å². The minimum atomic E-state index is -0.551. The Balaban J connectivity index is 1.82. The molecule has 0 bridgehead atoms. The van der Waals surface area contributed by atoms with E-state index in [-0.39, 0.29) is 17.1 Å². The average molecular weight is 336 g/mol. The van der Waals surface area contributed by atoms with Crippen molar-refractivity contribution < 1.29 is 14.0 Å². The van der Waals surface area contributed by atoms with E-state index in [1.165, 1.54) is 18.4 Å². The largest absolute Gasteiger partial charge is 0.459 e. The molecule has 0 radical (unpaired) electrons. The molecule has 0 aliphatic carbocycles. The summed E-state index contributed by atoms with van der Waals surface area (Å²) in [6, 6.07) is 4.49. The van der Waals surface area contributed by atoms with Gasteiger partial charge in [-0.15, -0.1) is 0 Å². The number of aryl methyl sites for hydroxylation is 1. The number of aromatic nitrogens is 2. The fourth-order valence-corrected chi connectivity index (χ4v) is 2.40. The smallest absolute Gasteiger partial charge is 0.305 e. The predicted octanol–water partition coefficient (Wildman–Crippen LogP) is 0.869. The van der Waals surface area contributed by atoms with Crippen molar-refractivity contribution in [3.8, 4) is 0 Å². The van der Waals surface area contributed by atoms with Crippen LogP contribution in [0.3, 0.4) is 0 Å². The number of H-pyrrole nitrogens is 1. The second-order valence-electron chi connectivity index (χ2n) is 4.56. The first kappa shape index (κ1) is 16.8. The SMILES string of the molecule is CCCc1cc(=O)[nH]c(SCC(=O)NNC(=O)c2ccco2)n1. The molecule has 2 heterocycles. The van der Waals surface area contributed by atoms with Crippen molar-refractivity contribution in [2.45, 2.75) is 24.9 Å². The van der Waals surface area contributed by atoms with E-state index in [4.69, 9.17) is 4.42 Å². The van der Waals surface area contributed by atoms with Crippen LogP contribution in [0.5, 0.6) is 0 Å². The molecule has 0 atom stereocenters. The molecule has 23 heavy (non-hydrogen) atoms. The molecule has 122 valence electrons. The number of hydrazine groups is 1. The zero-order valence-corrected chi connectivity index (χ0v) is 13.2. The molecule has 0 aromatic carbocycles. The Hall–Kier alpha value is -2.55. The van der Waals surface area contributed by atoms with Gasteiger partial charge in [0.1, 0.15) is 0 Å². The van der Waals surface area contributed by atoms with E-state index in [2.05, 4.69) is 20.8 Å². The molecule has 8 nitrogen and oxygen atoms in total. The average Bonchev–Trinajstić information content (AvgIpc) is 3.05. The second-order valence-corrected chi connectivity index (χ2v) is 5.52. The highest BCUT2D eigenvalue weighted by Gasteiger charge is 2.10. The van der Waals surface area contributed by atoms with Crippen molar-refractivity contribution in [1.29, 1.82) is 0 Å². The molecule has 3 N–H and O–H groups in total. The van der Waals surface area contributed by atoms with Gasteiger partial charge in [0.2, 0.25) is 5.91 Å². The number of rotatable bonds is 6. The number of nitrogens with zero attached hydrogens (tertiary/aromatic N) is 1. The Morgan fingerprint density at radius 1 is 1.39 bits per heavy atom. The lowest BCUT2D eigenvalue weighted by molar-refractivity contribution is -0.119. The fourth-order valence-electron chi connectivity index (χ4n) is 1.70. The molecule has 2 aromatic heterocycles. The summed E-state index contributed by atoms with van der Waals surface area (Å²) in [6.45, 7) is 1.99. The van der Waals surface area contributed by atoms with Gasteiger partial charge in [0.25, 0.3) is 5.56 Å². The van der Waals surface area contributed by atoms with Crippen LogP contribution in [0.25, 0.3) is 0 Å². The minimum absolute atomic E-state index is 0.00302. The summed E-state index contributed by atoms with van der Waals surface area (Å²) < 4.78 is 4.89. The van der Waals surface area contributed by atoms with Crippen LogP contribution in [0.15, 0.2) is 38.8 Å². The van der Waals surface area contributed by atoms with E-state index in [0.29, 0.717) is 17.3 Å². The fraction of sp³-hybridized carbons (Fsp3) is 0.286. The number of hydrogen-bond acceptors (Lipinski definition) is 6. The van der Waals surface area contributed by atoms with Crippen molar-refractivity contribution in [2.24, 2.45) is 0 Å². The number of hydrogen-bond donors (Lipinski definition) is 3. The van der Waals surface area contributed by atoms with Gasteiger partial charge in [-0.25, -0.2) is 4.98 Å². The van der Waals surface area contributed by atoms with Gasteiger partial charge in [0.15, 0.2) is 10.9 Å². The van der Waals surface area contributed by atoms with Gasteiger partial charge in [-0.05, 0) is 18.6 Å². The molecule has 0 aliphatic rings. The van der Waals surface area contributed by atoms with E-state index in [0.717, 1.165) is 18.2 Å². The van der Waals surface area contributed by atoms with Gasteiger partial charge in [0, 0.05) is 11.8 Å². The zero-order valence-electron chi connectivity index (χ0n) is 12.4. The lowest BCUT2D eigenvalue weighted by atomic mass is 10.2. The van der Waals surface area contributed by atoms with Crippen molar-refractivity contribution in [1.82, 2.24) is 20.8 Å². The Bertz CT molecular complexity index is 727. The summed E-state index contributed by atoms with van der Waals surface area (Å²) in [4.78, 5) is 41.6. The lowest BCUT2D eigenvalue weighted by Crippen LogP contribution is -2.42. The van der Waals surface area contributed by atoms with Gasteiger partial charge in [-0.3, -0.25) is 25.2 Å². The molecule has 9 heteroatoms. The van der Waals surface area contributed by atoms with E-state index >= 15 is 0 Å². The second kappa shape index (κ2) is 8.18. The summed E-state index contributed by atoms with van der Waals surface area (Å²) in [6.07, 6.45) is 2.93. The highest BCUT2D eigenvalue weighted by atomic mass is 32.2. The van der Waals surface area contributed by atoms with Crippen molar-refractivity contribution in [3.63, 3.8) is 0 Å². The van der Waals surface area contributed by atoms with Gasteiger partial charge in [0.05, 0.1) is 12.0 Å². The predicted molar refractivity (Wildman–Crippen MR) is 83.9 cm³/mol. The Labute approximate surface area is 136 Å². The molecule has 2 rings (SSSR count). The molecule has 0 saturated carbocycles. The maximum absolute atomic E-state index is 11.7. The van der Waals surface area contributed by atoms with Gasteiger partial charge >= 0.3 is 5.91 Å². The van der Waals surface area contributed by atoms with Gasteiger partial charge in [-0.2, -0.15) is 0 Å². The number of carbonyl (C=O) groups excluding carboxylic acids is 2. The topological polar surface area (TPSA) is 117 Å². The van der Waals surface area contributed by atoms with E-state index in [1.807, 2.05) is 6.92 Å². The summed E-state index contributed by atoms with van der Waals surface area (Å²) in [5.41, 5.74) is 4.92. The highest BCUT2D eigenvalue weighted by Crippen LogP contribution is 2.11. The zero-order chi connectivity index (χ0) is 16.7. The van der Waals surface area contributed by atoms with Crippen molar-refractivity contribution in [2.75, 3.05) is 5.75 Å².